The van der Waals surface area contributed by atoms with Crippen molar-refractivity contribution in [2.45, 2.75) is 132 Å². The van der Waals surface area contributed by atoms with Crippen LogP contribution < -0.4 is 4.65 Å². The Bertz CT molecular complexity index is 3690. The van der Waals surface area contributed by atoms with Gasteiger partial charge in [-0.3, -0.25) is 14.4 Å². The predicted octanol–water partition coefficient (Wildman–Crippen LogP) is 13.1. The summed E-state index contributed by atoms with van der Waals surface area (Å²) in [6, 6.07) is 35.5. The van der Waals surface area contributed by atoms with E-state index in [1.54, 1.807) is 0 Å². The molecular weight excluding hydrogens is 1310 g/mol. The SMILES string of the molecule is O=C(O)c1cc(F)cc(-c2ccc([C@@H]3CC34CCN(C(=O)[C@H]3CCCO3)CC4)cc2)c1.O=C(O)c1cc(F)cc(-c2ccc([C@H]3CC34CCN(C(=O)[C@H]3CCCO3)CC4)cc2)c1.O=C(O)c1cc(F)cc(O[B]O)c1.O=C([C@H]1CCCO1)N1CCC2(CC1)CC2c1ccc(Br)cc1. The molecule has 3 amide bonds. The molecule has 3 saturated carbocycles. The van der Waals surface area contributed by atoms with Crippen molar-refractivity contribution in [3.05, 3.63) is 183 Å². The zero-order chi connectivity index (χ0) is 68.2. The van der Waals surface area contributed by atoms with Crippen LogP contribution in [0.5, 0.6) is 5.75 Å². The average molecular weight is 1390 g/mol. The van der Waals surface area contributed by atoms with Crippen molar-refractivity contribution >= 4 is 59.2 Å². The van der Waals surface area contributed by atoms with Gasteiger partial charge in [0.2, 0.25) is 0 Å². The number of carboxylic acids is 3. The number of benzene rings is 6. The van der Waals surface area contributed by atoms with Gasteiger partial charge in [-0.25, -0.2) is 27.6 Å². The van der Waals surface area contributed by atoms with Crippen molar-refractivity contribution in [2.24, 2.45) is 16.2 Å². The molecule has 6 aromatic rings. The minimum Gasteiger partial charge on any atom is -0.537 e. The Kier molecular flexibility index (Phi) is 21.1. The van der Waals surface area contributed by atoms with Gasteiger partial charge in [0.15, 0.2) is 0 Å². The highest BCUT2D eigenvalue weighted by Gasteiger charge is 2.58. The largest absolute Gasteiger partial charge is 0.569 e. The van der Waals surface area contributed by atoms with Crippen LogP contribution in [0.1, 0.15) is 162 Å². The van der Waals surface area contributed by atoms with E-state index in [2.05, 4.69) is 69.1 Å². The minimum atomic E-state index is -1.26. The second-order valence-electron chi connectivity index (χ2n) is 27.4. The monoisotopic (exact) mass is 1390 g/mol. The number of hydrogen-bond acceptors (Lipinski definition) is 11. The quantitative estimate of drug-likeness (QED) is 0.0789. The maximum atomic E-state index is 13.8. The highest BCUT2D eigenvalue weighted by molar-refractivity contribution is 9.10. The lowest BCUT2D eigenvalue weighted by Gasteiger charge is -2.34. The highest BCUT2D eigenvalue weighted by atomic mass is 79.9. The van der Waals surface area contributed by atoms with Crippen LogP contribution in [0.4, 0.5) is 13.2 Å². The molecule has 9 fully saturated rings. The molecular formula is C75H79BBrF3N3O14. The predicted molar refractivity (Wildman–Crippen MR) is 357 cm³/mol. The summed E-state index contributed by atoms with van der Waals surface area (Å²) in [6.45, 7) is 7.16. The molecule has 0 bridgehead atoms. The summed E-state index contributed by atoms with van der Waals surface area (Å²) < 4.78 is 62.5. The van der Waals surface area contributed by atoms with E-state index in [1.165, 1.54) is 47.4 Å². The van der Waals surface area contributed by atoms with Gasteiger partial charge in [0, 0.05) is 69.6 Å². The number of rotatable bonds is 13. The first-order valence-corrected chi connectivity index (χ1v) is 34.4. The first-order valence-electron chi connectivity index (χ1n) is 33.6. The molecule has 3 aliphatic carbocycles. The second-order valence-corrected chi connectivity index (χ2v) is 28.3. The fraction of sp³-hybridized carbons (Fsp3) is 0.440. The van der Waals surface area contributed by atoms with E-state index in [0.29, 0.717) is 55.2 Å². The van der Waals surface area contributed by atoms with Crippen molar-refractivity contribution in [2.75, 3.05) is 59.1 Å². The van der Waals surface area contributed by atoms with E-state index in [1.807, 2.05) is 39.0 Å². The molecule has 15 rings (SSSR count). The molecule has 6 atom stereocenters. The van der Waals surface area contributed by atoms with Crippen LogP contribution in [0.25, 0.3) is 22.3 Å². The molecule has 97 heavy (non-hydrogen) atoms. The smallest absolute Gasteiger partial charge is 0.537 e. The number of hydrogen-bond donors (Lipinski definition) is 4. The number of likely N-dealkylation sites (tertiary alicyclic amines) is 3. The standard InChI is InChI=1S/2C25H26FNO4.C18H22BrNO2.C7H5BFO4/c2*26-20-13-18(12-19(14-20)24(29)30)16-3-5-17(6-4-16)21-15-25(21)7-9-27(10-8-25)23(28)22-2-1-11-31-22;19-14-5-3-13(4-6-14)15-12-18(15)7-9-20(10-8-18)17(21)16-2-1-11-22-16;9-5-1-4(7(10)11)2-6(3-5)13-8-12/h2*3-6,12-14,21-22H,1-2,7-11,15H2,(H,29,30);3-6,15-16H,1-2,7-12H2;1-3,12H,(H,10,11)/t21-,22+;21-,22-;15?,16-;/m011./s1. The van der Waals surface area contributed by atoms with E-state index in [9.17, 15) is 41.9 Å². The van der Waals surface area contributed by atoms with Gasteiger partial charge >= 0.3 is 25.6 Å². The molecule has 22 heteroatoms. The van der Waals surface area contributed by atoms with Crippen molar-refractivity contribution in [3.8, 4) is 28.0 Å². The molecule has 6 aliphatic heterocycles. The van der Waals surface area contributed by atoms with Gasteiger partial charge in [-0.1, -0.05) is 76.6 Å². The van der Waals surface area contributed by atoms with E-state index < -0.39 is 35.4 Å². The fourth-order valence-corrected chi connectivity index (χ4v) is 15.9. The molecule has 509 valence electrons. The third-order valence-electron chi connectivity index (χ3n) is 21.6. The van der Waals surface area contributed by atoms with Crippen molar-refractivity contribution < 1.29 is 81.1 Å². The lowest BCUT2D eigenvalue weighted by atomic mass is 9.88. The number of carbonyl (C=O) groups excluding carboxylic acids is 3. The van der Waals surface area contributed by atoms with Gasteiger partial charge in [-0.05, 0) is 230 Å². The topological polar surface area (TPSA) is 230 Å². The van der Waals surface area contributed by atoms with Gasteiger partial charge in [0.1, 0.15) is 41.5 Å². The van der Waals surface area contributed by atoms with Crippen LogP contribution in [0, 0.1) is 33.7 Å². The molecule has 6 heterocycles. The fourth-order valence-electron chi connectivity index (χ4n) is 15.6. The number of piperidine rings is 3. The molecule has 6 aromatic carbocycles. The first-order chi connectivity index (χ1) is 46.7. The van der Waals surface area contributed by atoms with Gasteiger partial charge in [-0.2, -0.15) is 0 Å². The maximum absolute atomic E-state index is 13.8. The summed E-state index contributed by atoms with van der Waals surface area (Å²) >= 11 is 3.50. The van der Waals surface area contributed by atoms with Gasteiger partial charge in [0.25, 0.3) is 17.7 Å². The number of aromatic carboxylic acids is 3. The Labute approximate surface area is 570 Å². The van der Waals surface area contributed by atoms with E-state index in [0.717, 1.165) is 182 Å². The van der Waals surface area contributed by atoms with Crippen LogP contribution in [-0.2, 0) is 28.6 Å². The number of nitrogens with zero attached hydrogens (tertiary/aromatic N) is 3. The number of amides is 3. The van der Waals surface area contributed by atoms with Crippen LogP contribution in [0.2, 0.25) is 0 Å². The maximum Gasteiger partial charge on any atom is 0.569 e. The summed E-state index contributed by atoms with van der Waals surface area (Å²) in [4.78, 5) is 76.4. The Morgan fingerprint density at radius 3 is 1.04 bits per heavy atom. The molecule has 3 spiro atoms. The molecule has 0 aromatic heterocycles. The molecule has 1 unspecified atom stereocenters. The zero-order valence-electron chi connectivity index (χ0n) is 53.9. The van der Waals surface area contributed by atoms with Crippen molar-refractivity contribution in [3.63, 3.8) is 0 Å². The van der Waals surface area contributed by atoms with Crippen LogP contribution in [0.3, 0.4) is 0 Å². The number of carbonyl (C=O) groups is 6. The summed E-state index contributed by atoms with van der Waals surface area (Å²) in [7, 11) is 0.348. The Balaban J connectivity index is 0.000000129. The number of carboxylic acid groups (broad SMARTS) is 3. The van der Waals surface area contributed by atoms with E-state index in [4.69, 9.17) is 34.6 Å². The Morgan fingerprint density at radius 2 is 0.742 bits per heavy atom. The van der Waals surface area contributed by atoms with Gasteiger partial charge in [0.05, 0.1) is 16.7 Å². The van der Waals surface area contributed by atoms with E-state index >= 15 is 0 Å². The number of ether oxygens (including phenoxy) is 3. The molecule has 6 saturated heterocycles. The Hall–Kier alpha value is -7.89. The lowest BCUT2D eigenvalue weighted by molar-refractivity contribution is -0.143. The second kappa shape index (κ2) is 29.7. The molecule has 1 radical (unpaired) electrons. The van der Waals surface area contributed by atoms with Crippen LogP contribution in [0.15, 0.2) is 132 Å². The van der Waals surface area contributed by atoms with Crippen molar-refractivity contribution in [1.29, 1.82) is 0 Å². The zero-order valence-corrected chi connectivity index (χ0v) is 55.4. The van der Waals surface area contributed by atoms with Crippen LogP contribution in [-0.4, -0.2) is 156 Å². The van der Waals surface area contributed by atoms with Gasteiger partial charge < -0.3 is 53.9 Å². The molecule has 9 aliphatic rings. The third kappa shape index (κ3) is 16.2. The van der Waals surface area contributed by atoms with Gasteiger partial charge in [-0.15, -0.1) is 0 Å². The summed E-state index contributed by atoms with van der Waals surface area (Å²) in [5.74, 6) is -3.23. The summed E-state index contributed by atoms with van der Waals surface area (Å²) in [6.07, 6.45) is 14.9. The van der Waals surface area contributed by atoms with Crippen LogP contribution >= 0.6 is 15.9 Å². The molecule has 4 N–H and O–H groups in total. The average Bonchev–Trinajstić information content (AvgIpc) is 1.68. The third-order valence-corrected chi connectivity index (χ3v) is 22.1. The molecule has 17 nitrogen and oxygen atoms in total. The minimum absolute atomic E-state index is 0.0514. The summed E-state index contributed by atoms with van der Waals surface area (Å²) in [5, 5.41) is 35.1. The highest BCUT2D eigenvalue weighted by Crippen LogP contribution is 2.67. The van der Waals surface area contributed by atoms with Crippen molar-refractivity contribution in [1.82, 2.24) is 14.7 Å². The van der Waals surface area contributed by atoms with E-state index in [-0.39, 0.29) is 69.3 Å². The lowest BCUT2D eigenvalue weighted by Crippen LogP contribution is -2.44. The normalized spacial score (nSPS) is 23.6. The Morgan fingerprint density at radius 1 is 0.433 bits per heavy atom. The summed E-state index contributed by atoms with van der Waals surface area (Å²) in [5.41, 5.74) is 7.40. The number of halogens is 4. The first kappa shape index (κ1) is 69.0.